The van der Waals surface area contributed by atoms with Crippen LogP contribution in [-0.4, -0.2) is 5.54 Å². The minimum atomic E-state index is -0.252. The van der Waals surface area contributed by atoms with Gasteiger partial charge in [-0.3, -0.25) is 0 Å². The third-order valence-corrected chi connectivity index (χ3v) is 8.08. The van der Waals surface area contributed by atoms with E-state index in [1.807, 2.05) is 6.08 Å². The van der Waals surface area contributed by atoms with Crippen molar-refractivity contribution in [2.24, 2.45) is 0 Å². The maximum atomic E-state index is 6.36. The molecule has 0 amide bonds. The third kappa shape index (κ3) is 3.62. The Hall–Kier alpha value is -4.07. The molecule has 5 aromatic rings. The molecule has 1 atom stereocenters. The lowest BCUT2D eigenvalue weighted by Gasteiger charge is -2.42. The van der Waals surface area contributed by atoms with Crippen LogP contribution in [0.2, 0.25) is 0 Å². The fourth-order valence-corrected chi connectivity index (χ4v) is 6.10. The molecule has 178 valence electrons. The van der Waals surface area contributed by atoms with Gasteiger partial charge < -0.3 is 4.90 Å². The van der Waals surface area contributed by atoms with E-state index >= 15 is 0 Å². The maximum absolute atomic E-state index is 6.36. The molecule has 0 fully saturated rings. The molecule has 0 aliphatic heterocycles. The summed E-state index contributed by atoms with van der Waals surface area (Å²) in [6, 6.07) is 39.6. The van der Waals surface area contributed by atoms with E-state index in [0.29, 0.717) is 0 Å². The summed E-state index contributed by atoms with van der Waals surface area (Å²) >= 11 is 6.36. The fourth-order valence-electron chi connectivity index (χ4n) is 5.96. The van der Waals surface area contributed by atoms with Crippen molar-refractivity contribution in [3.8, 4) is 33.4 Å². The standard InChI is InChI=1S/C35H26ClN/c1-35(21-19-27(36)20-22-35)37(28-15-13-25(14-16-28)24-7-3-2-4-8-24)29-17-18-30-31-11-5-9-26-10-6-12-32(34(26)31)33(30)23-29/h2-21,23H,22H2,1H3. The Morgan fingerprint density at radius 2 is 1.32 bits per heavy atom. The Balaban J connectivity index is 1.37. The van der Waals surface area contributed by atoms with Crippen molar-refractivity contribution >= 4 is 33.7 Å². The Morgan fingerprint density at radius 3 is 2.03 bits per heavy atom. The van der Waals surface area contributed by atoms with Crippen molar-refractivity contribution in [1.82, 2.24) is 0 Å². The summed E-state index contributed by atoms with van der Waals surface area (Å²) in [5.74, 6) is 0. The van der Waals surface area contributed by atoms with Crippen LogP contribution in [0.5, 0.6) is 0 Å². The van der Waals surface area contributed by atoms with E-state index in [1.54, 1.807) is 0 Å². The molecule has 0 bridgehead atoms. The normalized spacial score (nSPS) is 17.5. The van der Waals surface area contributed by atoms with Crippen LogP contribution in [0.1, 0.15) is 13.3 Å². The van der Waals surface area contributed by atoms with Gasteiger partial charge in [0, 0.05) is 16.4 Å². The maximum Gasteiger partial charge on any atom is 0.0643 e. The van der Waals surface area contributed by atoms with E-state index in [0.717, 1.165) is 17.1 Å². The molecular formula is C35H26ClN. The molecule has 0 aromatic heterocycles. The molecule has 7 rings (SSSR count). The van der Waals surface area contributed by atoms with Crippen LogP contribution in [0.25, 0.3) is 44.2 Å². The van der Waals surface area contributed by atoms with Gasteiger partial charge in [-0.05, 0) is 87.8 Å². The molecule has 37 heavy (non-hydrogen) atoms. The van der Waals surface area contributed by atoms with Crippen LogP contribution in [0.3, 0.4) is 0 Å². The summed E-state index contributed by atoms with van der Waals surface area (Å²) in [6.45, 7) is 2.29. The largest absolute Gasteiger partial charge is 0.332 e. The first-order chi connectivity index (χ1) is 18.1. The lowest BCUT2D eigenvalue weighted by molar-refractivity contribution is 0.569. The van der Waals surface area contributed by atoms with Gasteiger partial charge in [0.05, 0.1) is 5.54 Å². The molecule has 1 nitrogen and oxygen atoms in total. The van der Waals surface area contributed by atoms with Gasteiger partial charge in [-0.2, -0.15) is 0 Å². The number of rotatable bonds is 4. The third-order valence-electron chi connectivity index (χ3n) is 7.80. The molecule has 2 aliphatic rings. The zero-order valence-electron chi connectivity index (χ0n) is 20.7. The van der Waals surface area contributed by atoms with Crippen molar-refractivity contribution in [2.45, 2.75) is 18.9 Å². The SMILES string of the molecule is CC1(N(c2ccc(-c3ccccc3)cc2)c2ccc3c(c2)-c2cccc4cccc-3c24)C=CC(Cl)=CC1. The van der Waals surface area contributed by atoms with Crippen LogP contribution in [-0.2, 0) is 0 Å². The van der Waals surface area contributed by atoms with Gasteiger partial charge >= 0.3 is 0 Å². The zero-order chi connectivity index (χ0) is 25.0. The predicted octanol–water partition coefficient (Wildman–Crippen LogP) is 10.1. The fraction of sp³-hybridized carbons (Fsp3) is 0.0857. The smallest absolute Gasteiger partial charge is 0.0643 e. The van der Waals surface area contributed by atoms with Crippen LogP contribution < -0.4 is 4.90 Å². The van der Waals surface area contributed by atoms with Gasteiger partial charge in [-0.15, -0.1) is 0 Å². The van der Waals surface area contributed by atoms with Gasteiger partial charge in [0.2, 0.25) is 0 Å². The predicted molar refractivity (Wildman–Crippen MR) is 158 cm³/mol. The van der Waals surface area contributed by atoms with Crippen LogP contribution in [0.4, 0.5) is 11.4 Å². The molecule has 0 saturated carbocycles. The second-order valence-electron chi connectivity index (χ2n) is 10.2. The van der Waals surface area contributed by atoms with E-state index < -0.39 is 0 Å². The summed E-state index contributed by atoms with van der Waals surface area (Å²) in [6.07, 6.45) is 7.22. The number of allylic oxidation sites excluding steroid dienone is 2. The summed E-state index contributed by atoms with van der Waals surface area (Å²) in [4.78, 5) is 2.46. The van der Waals surface area contributed by atoms with E-state index in [2.05, 4.69) is 133 Å². The average Bonchev–Trinajstić information content (AvgIpc) is 3.26. The first-order valence-electron chi connectivity index (χ1n) is 12.8. The molecule has 0 saturated heterocycles. The Morgan fingerprint density at radius 1 is 0.649 bits per heavy atom. The van der Waals surface area contributed by atoms with Crippen molar-refractivity contribution in [3.05, 3.63) is 132 Å². The van der Waals surface area contributed by atoms with Gasteiger partial charge in [0.15, 0.2) is 0 Å². The summed E-state index contributed by atoms with van der Waals surface area (Å²) in [7, 11) is 0. The second kappa shape index (κ2) is 8.50. The first-order valence-corrected chi connectivity index (χ1v) is 13.2. The highest BCUT2D eigenvalue weighted by Gasteiger charge is 2.33. The number of hydrogen-bond acceptors (Lipinski definition) is 1. The minimum Gasteiger partial charge on any atom is -0.332 e. The second-order valence-corrected chi connectivity index (χ2v) is 10.6. The van der Waals surface area contributed by atoms with Crippen molar-refractivity contribution in [1.29, 1.82) is 0 Å². The Kier molecular flexibility index (Phi) is 5.09. The Bertz CT molecular complexity index is 1710. The van der Waals surface area contributed by atoms with Gasteiger partial charge in [-0.1, -0.05) is 109 Å². The van der Waals surface area contributed by atoms with Crippen LogP contribution in [0, 0.1) is 0 Å². The van der Waals surface area contributed by atoms with Crippen molar-refractivity contribution in [2.75, 3.05) is 4.90 Å². The average molecular weight is 496 g/mol. The highest BCUT2D eigenvalue weighted by atomic mass is 35.5. The summed E-state index contributed by atoms with van der Waals surface area (Å²) < 4.78 is 0. The number of anilines is 2. The first kappa shape index (κ1) is 22.2. The number of fused-ring (bicyclic) bond motifs is 3. The van der Waals surface area contributed by atoms with Crippen LogP contribution >= 0.6 is 11.6 Å². The highest BCUT2D eigenvalue weighted by molar-refractivity contribution is 6.31. The van der Waals surface area contributed by atoms with E-state index in [9.17, 15) is 0 Å². The lowest BCUT2D eigenvalue weighted by atomic mass is 9.89. The highest BCUT2D eigenvalue weighted by Crippen LogP contribution is 2.50. The van der Waals surface area contributed by atoms with Gasteiger partial charge in [-0.25, -0.2) is 0 Å². The summed E-state index contributed by atoms with van der Waals surface area (Å²) in [5.41, 5.74) is 9.77. The van der Waals surface area contributed by atoms with E-state index in [4.69, 9.17) is 11.6 Å². The molecule has 2 heteroatoms. The Labute approximate surface area is 223 Å². The topological polar surface area (TPSA) is 3.24 Å². The lowest BCUT2D eigenvalue weighted by Crippen LogP contribution is -2.42. The molecule has 1 unspecified atom stereocenters. The number of benzene rings is 5. The number of hydrogen-bond donors (Lipinski definition) is 0. The molecular weight excluding hydrogens is 470 g/mol. The number of nitrogens with zero attached hydrogens (tertiary/aromatic N) is 1. The van der Waals surface area contributed by atoms with E-state index in [-0.39, 0.29) is 5.54 Å². The molecule has 0 heterocycles. The van der Waals surface area contributed by atoms with Gasteiger partial charge in [0.1, 0.15) is 0 Å². The van der Waals surface area contributed by atoms with Crippen molar-refractivity contribution in [3.63, 3.8) is 0 Å². The summed E-state index contributed by atoms with van der Waals surface area (Å²) in [5, 5.41) is 3.45. The van der Waals surface area contributed by atoms with Crippen LogP contribution in [0.15, 0.2) is 132 Å². The number of halogens is 1. The molecule has 5 aromatic carbocycles. The monoisotopic (exact) mass is 495 g/mol. The molecule has 0 radical (unpaired) electrons. The molecule has 2 aliphatic carbocycles. The van der Waals surface area contributed by atoms with Crippen molar-refractivity contribution < 1.29 is 0 Å². The quantitative estimate of drug-likeness (QED) is 0.235. The zero-order valence-corrected chi connectivity index (χ0v) is 21.4. The van der Waals surface area contributed by atoms with E-state index in [1.165, 1.54) is 49.8 Å². The molecule has 0 N–H and O–H groups in total. The van der Waals surface area contributed by atoms with Gasteiger partial charge in [0.25, 0.3) is 0 Å². The minimum absolute atomic E-state index is 0.252. The molecule has 0 spiro atoms.